The van der Waals surface area contributed by atoms with Crippen molar-refractivity contribution in [2.75, 3.05) is 24.0 Å². The third-order valence-corrected chi connectivity index (χ3v) is 4.93. The van der Waals surface area contributed by atoms with Gasteiger partial charge in [0, 0.05) is 24.1 Å². The van der Waals surface area contributed by atoms with E-state index in [2.05, 4.69) is 40.6 Å². The molecule has 1 aliphatic heterocycles. The molecular weight excluding hydrogens is 286 g/mol. The number of nitrogens with two attached hydrogens (primary N) is 1. The molecule has 3 heterocycles. The fourth-order valence-corrected chi connectivity index (χ4v) is 3.65. The Labute approximate surface area is 128 Å². The van der Waals surface area contributed by atoms with Crippen LogP contribution in [0.25, 0.3) is 10.2 Å². The van der Waals surface area contributed by atoms with E-state index in [-0.39, 0.29) is 0 Å². The largest absolute Gasteiger partial charge is 0.381 e. The molecule has 1 aliphatic rings. The SMILES string of the molecule is Cc1cc2c(NC(C)C3CCOCC3)nc(NN)nc2s1. The Morgan fingerprint density at radius 2 is 2.14 bits per heavy atom. The molecule has 0 aliphatic carbocycles. The average Bonchev–Trinajstić information content (AvgIpc) is 2.88. The van der Waals surface area contributed by atoms with E-state index in [9.17, 15) is 0 Å². The van der Waals surface area contributed by atoms with Crippen molar-refractivity contribution in [2.24, 2.45) is 11.8 Å². The van der Waals surface area contributed by atoms with Crippen LogP contribution >= 0.6 is 11.3 Å². The van der Waals surface area contributed by atoms with Crippen LogP contribution in [0.4, 0.5) is 11.8 Å². The Morgan fingerprint density at radius 1 is 1.38 bits per heavy atom. The number of nitrogen functional groups attached to an aromatic ring is 1. The number of fused-ring (bicyclic) bond motifs is 1. The Morgan fingerprint density at radius 3 is 2.86 bits per heavy atom. The second kappa shape index (κ2) is 6.13. The molecule has 2 aromatic rings. The molecule has 4 N–H and O–H groups in total. The molecule has 0 aromatic carbocycles. The van der Waals surface area contributed by atoms with Crippen LogP contribution in [0.5, 0.6) is 0 Å². The van der Waals surface area contributed by atoms with Gasteiger partial charge in [0.25, 0.3) is 0 Å². The highest BCUT2D eigenvalue weighted by molar-refractivity contribution is 7.18. The minimum atomic E-state index is 0.345. The molecule has 6 nitrogen and oxygen atoms in total. The molecule has 1 fully saturated rings. The van der Waals surface area contributed by atoms with Crippen LogP contribution in [0.1, 0.15) is 24.6 Å². The maximum atomic E-state index is 5.48. The van der Waals surface area contributed by atoms with Gasteiger partial charge in [0.1, 0.15) is 10.6 Å². The van der Waals surface area contributed by atoms with Gasteiger partial charge in [0.2, 0.25) is 5.95 Å². The van der Waals surface area contributed by atoms with Gasteiger partial charge in [-0.25, -0.2) is 10.8 Å². The number of ether oxygens (including phenoxy) is 1. The van der Waals surface area contributed by atoms with Gasteiger partial charge in [-0.15, -0.1) is 11.3 Å². The summed E-state index contributed by atoms with van der Waals surface area (Å²) >= 11 is 1.65. The van der Waals surface area contributed by atoms with Gasteiger partial charge >= 0.3 is 0 Å². The lowest BCUT2D eigenvalue weighted by atomic mass is 9.93. The first-order valence-electron chi connectivity index (χ1n) is 7.26. The molecule has 1 atom stereocenters. The van der Waals surface area contributed by atoms with Gasteiger partial charge in [-0.3, -0.25) is 5.43 Å². The van der Waals surface area contributed by atoms with Crippen molar-refractivity contribution >= 4 is 33.3 Å². The van der Waals surface area contributed by atoms with E-state index >= 15 is 0 Å². The van der Waals surface area contributed by atoms with Crippen molar-refractivity contribution in [3.63, 3.8) is 0 Å². The van der Waals surface area contributed by atoms with Crippen LogP contribution in [0.2, 0.25) is 0 Å². The third-order valence-electron chi connectivity index (χ3n) is 3.98. The normalized spacial score (nSPS) is 17.9. The van der Waals surface area contributed by atoms with Gasteiger partial charge in [-0.05, 0) is 38.7 Å². The number of hydrogen-bond donors (Lipinski definition) is 3. The van der Waals surface area contributed by atoms with E-state index in [1.165, 1.54) is 4.88 Å². The summed E-state index contributed by atoms with van der Waals surface area (Å²) in [6, 6.07) is 2.47. The second-order valence-corrected chi connectivity index (χ2v) is 6.73. The minimum Gasteiger partial charge on any atom is -0.381 e. The summed E-state index contributed by atoms with van der Waals surface area (Å²) in [6.07, 6.45) is 2.18. The molecule has 1 unspecified atom stereocenters. The average molecular weight is 307 g/mol. The van der Waals surface area contributed by atoms with Crippen molar-refractivity contribution in [1.82, 2.24) is 9.97 Å². The number of nitrogens with one attached hydrogen (secondary N) is 2. The van der Waals surface area contributed by atoms with Crippen molar-refractivity contribution < 1.29 is 4.74 Å². The summed E-state index contributed by atoms with van der Waals surface area (Å²) < 4.78 is 5.43. The molecule has 7 heteroatoms. The summed E-state index contributed by atoms with van der Waals surface area (Å²) in [5.74, 6) is 7.39. The van der Waals surface area contributed by atoms with Gasteiger partial charge in [-0.1, -0.05) is 0 Å². The lowest BCUT2D eigenvalue weighted by molar-refractivity contribution is 0.0622. The summed E-state index contributed by atoms with van der Waals surface area (Å²) in [6.45, 7) is 5.98. The van der Waals surface area contributed by atoms with Crippen LogP contribution in [0.15, 0.2) is 6.07 Å². The first-order valence-corrected chi connectivity index (χ1v) is 8.08. The van der Waals surface area contributed by atoms with E-state index in [0.717, 1.165) is 42.1 Å². The van der Waals surface area contributed by atoms with Crippen molar-refractivity contribution in [1.29, 1.82) is 0 Å². The van der Waals surface area contributed by atoms with Crippen LogP contribution in [0, 0.1) is 12.8 Å². The summed E-state index contributed by atoms with van der Waals surface area (Å²) in [5, 5.41) is 4.61. The van der Waals surface area contributed by atoms with Gasteiger partial charge < -0.3 is 10.1 Å². The van der Waals surface area contributed by atoms with Crippen LogP contribution in [0.3, 0.4) is 0 Å². The highest BCUT2D eigenvalue weighted by Gasteiger charge is 2.22. The molecule has 114 valence electrons. The van der Waals surface area contributed by atoms with E-state index < -0.39 is 0 Å². The van der Waals surface area contributed by atoms with Gasteiger partial charge in [-0.2, -0.15) is 4.98 Å². The summed E-state index contributed by atoms with van der Waals surface area (Å²) in [7, 11) is 0. The van der Waals surface area contributed by atoms with Crippen molar-refractivity contribution in [3.8, 4) is 0 Å². The molecular formula is C14H21N5OS. The van der Waals surface area contributed by atoms with E-state index in [4.69, 9.17) is 10.6 Å². The molecule has 0 saturated carbocycles. The number of thiophene rings is 1. The summed E-state index contributed by atoms with van der Waals surface area (Å²) in [5.41, 5.74) is 2.55. The molecule has 3 rings (SSSR count). The zero-order valence-corrected chi connectivity index (χ0v) is 13.2. The van der Waals surface area contributed by atoms with E-state index in [0.29, 0.717) is 17.9 Å². The predicted molar refractivity (Wildman–Crippen MR) is 86.6 cm³/mol. The van der Waals surface area contributed by atoms with Crippen LogP contribution < -0.4 is 16.6 Å². The lowest BCUT2D eigenvalue weighted by Crippen LogP contribution is -2.31. The smallest absolute Gasteiger partial charge is 0.240 e. The Hall–Kier alpha value is -1.44. The standard InChI is InChI=1S/C14H21N5OS/c1-8-7-11-12(17-14(19-15)18-13(11)21-8)16-9(2)10-3-5-20-6-4-10/h7,9-10H,3-6,15H2,1-2H3,(H2,16,17,18,19). The van der Waals surface area contributed by atoms with E-state index in [1.807, 2.05) is 0 Å². The number of aromatic nitrogens is 2. The maximum absolute atomic E-state index is 5.48. The number of hydrazine groups is 1. The number of aryl methyl sites for hydroxylation is 1. The topological polar surface area (TPSA) is 85.1 Å². The molecule has 0 radical (unpaired) electrons. The van der Waals surface area contributed by atoms with Crippen LogP contribution in [-0.4, -0.2) is 29.2 Å². The summed E-state index contributed by atoms with van der Waals surface area (Å²) in [4.78, 5) is 11.1. The monoisotopic (exact) mass is 307 g/mol. The zero-order valence-electron chi connectivity index (χ0n) is 12.3. The van der Waals surface area contributed by atoms with Gasteiger partial charge in [0.05, 0.1) is 5.39 Å². The maximum Gasteiger partial charge on any atom is 0.240 e. The molecule has 0 amide bonds. The first-order chi connectivity index (χ1) is 10.2. The predicted octanol–water partition coefficient (Wildman–Crippen LogP) is 2.51. The van der Waals surface area contributed by atoms with Crippen molar-refractivity contribution in [3.05, 3.63) is 10.9 Å². The molecule has 0 spiro atoms. The first kappa shape index (κ1) is 14.5. The lowest BCUT2D eigenvalue weighted by Gasteiger charge is -2.28. The Bertz CT molecular complexity index is 623. The highest BCUT2D eigenvalue weighted by atomic mass is 32.1. The fraction of sp³-hybridized carbons (Fsp3) is 0.571. The Kier molecular flexibility index (Phi) is 4.23. The van der Waals surface area contributed by atoms with Crippen LogP contribution in [-0.2, 0) is 4.74 Å². The quantitative estimate of drug-likeness (QED) is 0.594. The molecule has 2 aromatic heterocycles. The van der Waals surface area contributed by atoms with E-state index in [1.54, 1.807) is 11.3 Å². The molecule has 21 heavy (non-hydrogen) atoms. The third kappa shape index (κ3) is 3.09. The number of rotatable bonds is 4. The zero-order chi connectivity index (χ0) is 14.8. The molecule has 0 bridgehead atoms. The van der Waals surface area contributed by atoms with Gasteiger partial charge in [0.15, 0.2) is 0 Å². The highest BCUT2D eigenvalue weighted by Crippen LogP contribution is 2.31. The second-order valence-electron chi connectivity index (χ2n) is 5.50. The minimum absolute atomic E-state index is 0.345. The number of anilines is 2. The van der Waals surface area contributed by atoms with Crippen molar-refractivity contribution in [2.45, 2.75) is 32.7 Å². The fourth-order valence-electron chi connectivity index (χ4n) is 2.77. The number of hydrogen-bond acceptors (Lipinski definition) is 7. The molecule has 1 saturated heterocycles. The number of nitrogens with zero attached hydrogens (tertiary/aromatic N) is 2. The Balaban J connectivity index is 1.87.